The molecule has 0 aliphatic carbocycles. The van der Waals surface area contributed by atoms with Crippen molar-refractivity contribution < 1.29 is 4.79 Å². The van der Waals surface area contributed by atoms with Gasteiger partial charge in [-0.15, -0.1) is 0 Å². The molecule has 1 aromatic carbocycles. The van der Waals surface area contributed by atoms with E-state index in [-0.39, 0.29) is 5.91 Å². The Kier molecular flexibility index (Phi) is 3.05. The SMILES string of the molecule is O=C(Nc1ccc2nccn2c1)c1cccc(Br)c1. The van der Waals surface area contributed by atoms with Gasteiger partial charge in [-0.3, -0.25) is 4.79 Å². The molecule has 2 aromatic heterocycles. The van der Waals surface area contributed by atoms with Crippen LogP contribution in [0, 0.1) is 0 Å². The van der Waals surface area contributed by atoms with Gasteiger partial charge in [-0.05, 0) is 30.3 Å². The molecule has 0 radical (unpaired) electrons. The molecule has 94 valence electrons. The van der Waals surface area contributed by atoms with E-state index >= 15 is 0 Å². The monoisotopic (exact) mass is 315 g/mol. The summed E-state index contributed by atoms with van der Waals surface area (Å²) in [5.74, 6) is -0.138. The molecule has 1 N–H and O–H groups in total. The van der Waals surface area contributed by atoms with E-state index in [0.717, 1.165) is 15.8 Å². The Bertz CT molecular complexity index is 751. The third-order valence-electron chi connectivity index (χ3n) is 2.73. The van der Waals surface area contributed by atoms with Gasteiger partial charge in [0.05, 0.1) is 5.69 Å². The topological polar surface area (TPSA) is 46.4 Å². The van der Waals surface area contributed by atoms with Crippen molar-refractivity contribution in [3.8, 4) is 0 Å². The molecule has 0 aliphatic rings. The van der Waals surface area contributed by atoms with E-state index in [4.69, 9.17) is 0 Å². The third kappa shape index (κ3) is 2.51. The normalized spacial score (nSPS) is 10.6. The first-order valence-electron chi connectivity index (χ1n) is 5.72. The van der Waals surface area contributed by atoms with Crippen LogP contribution in [-0.2, 0) is 0 Å². The van der Waals surface area contributed by atoms with Crippen molar-refractivity contribution in [1.82, 2.24) is 9.38 Å². The number of aromatic nitrogens is 2. The lowest BCUT2D eigenvalue weighted by Crippen LogP contribution is -2.12. The summed E-state index contributed by atoms with van der Waals surface area (Å²) in [5.41, 5.74) is 2.19. The summed E-state index contributed by atoms with van der Waals surface area (Å²) >= 11 is 3.35. The quantitative estimate of drug-likeness (QED) is 0.788. The number of halogens is 1. The Hall–Kier alpha value is -2.14. The van der Waals surface area contributed by atoms with Crippen molar-refractivity contribution in [3.05, 3.63) is 65.0 Å². The van der Waals surface area contributed by atoms with E-state index < -0.39 is 0 Å². The fourth-order valence-corrected chi connectivity index (χ4v) is 2.23. The zero-order valence-electron chi connectivity index (χ0n) is 9.88. The zero-order chi connectivity index (χ0) is 13.2. The lowest BCUT2D eigenvalue weighted by Gasteiger charge is -2.06. The summed E-state index contributed by atoms with van der Waals surface area (Å²) in [6.07, 6.45) is 5.39. The molecule has 0 fully saturated rings. The van der Waals surface area contributed by atoms with Crippen molar-refractivity contribution in [2.45, 2.75) is 0 Å². The van der Waals surface area contributed by atoms with Crippen LogP contribution >= 0.6 is 15.9 Å². The van der Waals surface area contributed by atoms with Gasteiger partial charge in [-0.1, -0.05) is 22.0 Å². The fraction of sp³-hybridized carbons (Fsp3) is 0. The first-order valence-corrected chi connectivity index (χ1v) is 6.51. The summed E-state index contributed by atoms with van der Waals surface area (Å²) in [5, 5.41) is 2.86. The molecule has 0 saturated carbocycles. The average molecular weight is 316 g/mol. The summed E-state index contributed by atoms with van der Waals surface area (Å²) in [6, 6.07) is 11.0. The number of carbonyl (C=O) groups excluding carboxylic acids is 1. The minimum Gasteiger partial charge on any atom is -0.321 e. The number of pyridine rings is 1. The molecule has 0 aliphatic heterocycles. The molecule has 3 rings (SSSR count). The maximum atomic E-state index is 12.1. The van der Waals surface area contributed by atoms with Crippen molar-refractivity contribution in [1.29, 1.82) is 0 Å². The number of nitrogens with one attached hydrogen (secondary N) is 1. The number of imidazole rings is 1. The lowest BCUT2D eigenvalue weighted by atomic mass is 10.2. The van der Waals surface area contributed by atoms with Crippen LogP contribution in [0.15, 0.2) is 59.5 Å². The van der Waals surface area contributed by atoms with Crippen LogP contribution < -0.4 is 5.32 Å². The highest BCUT2D eigenvalue weighted by Crippen LogP contribution is 2.14. The first kappa shape index (κ1) is 11.9. The number of amides is 1. The van der Waals surface area contributed by atoms with Gasteiger partial charge in [0.1, 0.15) is 5.65 Å². The van der Waals surface area contributed by atoms with Crippen LogP contribution in [0.3, 0.4) is 0 Å². The Morgan fingerprint density at radius 3 is 3.00 bits per heavy atom. The molecule has 0 bridgehead atoms. The number of nitrogens with zero attached hydrogens (tertiary/aromatic N) is 2. The van der Waals surface area contributed by atoms with Crippen LogP contribution in [0.2, 0.25) is 0 Å². The summed E-state index contributed by atoms with van der Waals surface area (Å²) in [4.78, 5) is 16.2. The van der Waals surface area contributed by atoms with E-state index in [0.29, 0.717) is 5.56 Å². The summed E-state index contributed by atoms with van der Waals surface area (Å²) in [6.45, 7) is 0. The smallest absolute Gasteiger partial charge is 0.255 e. The molecule has 0 spiro atoms. The second-order valence-corrected chi connectivity index (χ2v) is 4.99. The van der Waals surface area contributed by atoms with Gasteiger partial charge in [-0.2, -0.15) is 0 Å². The molecule has 2 heterocycles. The largest absolute Gasteiger partial charge is 0.321 e. The molecular formula is C14H10BrN3O. The minimum absolute atomic E-state index is 0.138. The Morgan fingerprint density at radius 1 is 1.26 bits per heavy atom. The maximum absolute atomic E-state index is 12.1. The van der Waals surface area contributed by atoms with Crippen LogP contribution in [0.4, 0.5) is 5.69 Å². The molecular weight excluding hydrogens is 306 g/mol. The van der Waals surface area contributed by atoms with Gasteiger partial charge >= 0.3 is 0 Å². The van der Waals surface area contributed by atoms with Crippen LogP contribution in [0.1, 0.15) is 10.4 Å². The lowest BCUT2D eigenvalue weighted by molar-refractivity contribution is 0.102. The number of hydrogen-bond donors (Lipinski definition) is 1. The number of rotatable bonds is 2. The highest BCUT2D eigenvalue weighted by molar-refractivity contribution is 9.10. The number of fused-ring (bicyclic) bond motifs is 1. The summed E-state index contributed by atoms with van der Waals surface area (Å²) < 4.78 is 2.74. The standard InChI is InChI=1S/C14H10BrN3O/c15-11-3-1-2-10(8-11)14(19)17-12-4-5-13-16-6-7-18(13)9-12/h1-9H,(H,17,19). The Morgan fingerprint density at radius 2 is 2.16 bits per heavy atom. The van der Waals surface area contributed by atoms with Gasteiger partial charge in [0.25, 0.3) is 5.91 Å². The highest BCUT2D eigenvalue weighted by atomic mass is 79.9. The number of benzene rings is 1. The molecule has 5 heteroatoms. The number of hydrogen-bond acceptors (Lipinski definition) is 2. The van der Waals surface area contributed by atoms with Gasteiger partial charge in [0.2, 0.25) is 0 Å². The van der Waals surface area contributed by atoms with Crippen molar-refractivity contribution in [2.24, 2.45) is 0 Å². The highest BCUT2D eigenvalue weighted by Gasteiger charge is 2.06. The number of anilines is 1. The minimum atomic E-state index is -0.138. The Labute approximate surface area is 118 Å². The van der Waals surface area contributed by atoms with Gasteiger partial charge < -0.3 is 9.72 Å². The van der Waals surface area contributed by atoms with Gasteiger partial charge in [-0.25, -0.2) is 4.98 Å². The van der Waals surface area contributed by atoms with E-state index in [9.17, 15) is 4.79 Å². The van der Waals surface area contributed by atoms with Crippen LogP contribution in [-0.4, -0.2) is 15.3 Å². The van der Waals surface area contributed by atoms with Gasteiger partial charge in [0.15, 0.2) is 0 Å². The molecule has 0 atom stereocenters. The maximum Gasteiger partial charge on any atom is 0.255 e. The number of carbonyl (C=O) groups is 1. The molecule has 0 saturated heterocycles. The molecule has 19 heavy (non-hydrogen) atoms. The van der Waals surface area contributed by atoms with E-state index in [1.54, 1.807) is 18.3 Å². The Balaban J connectivity index is 1.86. The van der Waals surface area contributed by atoms with E-state index in [1.165, 1.54) is 0 Å². The molecule has 3 aromatic rings. The van der Waals surface area contributed by atoms with E-state index in [2.05, 4.69) is 26.2 Å². The second kappa shape index (κ2) is 4.85. The predicted octanol–water partition coefficient (Wildman–Crippen LogP) is 3.35. The van der Waals surface area contributed by atoms with Crippen molar-refractivity contribution >= 4 is 33.2 Å². The molecule has 4 nitrogen and oxygen atoms in total. The zero-order valence-corrected chi connectivity index (χ0v) is 11.5. The van der Waals surface area contributed by atoms with Crippen molar-refractivity contribution in [2.75, 3.05) is 5.32 Å². The molecule has 1 amide bonds. The average Bonchev–Trinajstić information content (AvgIpc) is 2.86. The summed E-state index contributed by atoms with van der Waals surface area (Å²) in [7, 11) is 0. The van der Waals surface area contributed by atoms with Gasteiger partial charge in [0, 0.05) is 28.6 Å². The van der Waals surface area contributed by atoms with Crippen LogP contribution in [0.25, 0.3) is 5.65 Å². The fourth-order valence-electron chi connectivity index (χ4n) is 1.83. The van der Waals surface area contributed by atoms with E-state index in [1.807, 2.05) is 41.1 Å². The van der Waals surface area contributed by atoms with Crippen LogP contribution in [0.5, 0.6) is 0 Å². The van der Waals surface area contributed by atoms with Crippen molar-refractivity contribution in [3.63, 3.8) is 0 Å². The molecule has 0 unspecified atom stereocenters. The predicted molar refractivity (Wildman–Crippen MR) is 77.3 cm³/mol. The second-order valence-electron chi connectivity index (χ2n) is 4.07. The third-order valence-corrected chi connectivity index (χ3v) is 3.23. The first-order chi connectivity index (χ1) is 9.22.